The first-order valence-corrected chi connectivity index (χ1v) is 11.3. The van der Waals surface area contributed by atoms with Crippen molar-refractivity contribution in [1.29, 1.82) is 0 Å². The molecule has 2 amide bonds. The molecule has 5 heteroatoms. The van der Waals surface area contributed by atoms with Gasteiger partial charge in [0, 0.05) is 12.4 Å². The molecule has 1 unspecified atom stereocenters. The van der Waals surface area contributed by atoms with Gasteiger partial charge in [0.25, 0.3) is 11.8 Å². The van der Waals surface area contributed by atoms with Crippen molar-refractivity contribution in [1.82, 2.24) is 9.88 Å². The number of nitrogens with zero attached hydrogens (tertiary/aromatic N) is 2. The molecule has 0 bridgehead atoms. The lowest BCUT2D eigenvalue weighted by Gasteiger charge is -2.26. The van der Waals surface area contributed by atoms with Crippen LogP contribution in [0.4, 0.5) is 0 Å². The monoisotopic (exact) mass is 448 g/mol. The van der Waals surface area contributed by atoms with E-state index >= 15 is 0 Å². The van der Waals surface area contributed by atoms with Crippen LogP contribution in [0, 0.1) is 0 Å². The maximum absolute atomic E-state index is 13.1. The highest BCUT2D eigenvalue weighted by Gasteiger charge is 2.39. The van der Waals surface area contributed by atoms with Crippen LogP contribution in [0.15, 0.2) is 103 Å². The Bertz CT molecular complexity index is 1250. The highest BCUT2D eigenvalue weighted by atomic mass is 16.5. The number of rotatable bonds is 8. The number of hydrogen-bond acceptors (Lipinski definition) is 4. The van der Waals surface area contributed by atoms with Gasteiger partial charge in [0.2, 0.25) is 0 Å². The van der Waals surface area contributed by atoms with Gasteiger partial charge in [0.1, 0.15) is 12.4 Å². The van der Waals surface area contributed by atoms with Crippen molar-refractivity contribution < 1.29 is 14.3 Å². The summed E-state index contributed by atoms with van der Waals surface area (Å²) in [6.07, 6.45) is 4.80. The SMILES string of the molecule is O=C1c2ccccc2C(=O)N1C(CCc1cccnc1)COc1ccc(-c2ccccc2)cc1. The van der Waals surface area contributed by atoms with Gasteiger partial charge in [0.05, 0.1) is 17.2 Å². The van der Waals surface area contributed by atoms with Crippen LogP contribution in [-0.2, 0) is 6.42 Å². The van der Waals surface area contributed by atoms with Gasteiger partial charge in [-0.3, -0.25) is 19.5 Å². The molecule has 34 heavy (non-hydrogen) atoms. The molecule has 3 aromatic carbocycles. The van der Waals surface area contributed by atoms with Gasteiger partial charge < -0.3 is 4.74 Å². The van der Waals surface area contributed by atoms with Gasteiger partial charge in [-0.2, -0.15) is 0 Å². The molecule has 1 aliphatic heterocycles. The van der Waals surface area contributed by atoms with Crippen LogP contribution >= 0.6 is 0 Å². The number of carbonyl (C=O) groups excluding carboxylic acids is 2. The van der Waals surface area contributed by atoms with Crippen molar-refractivity contribution in [3.63, 3.8) is 0 Å². The van der Waals surface area contributed by atoms with E-state index in [2.05, 4.69) is 17.1 Å². The second-order valence-corrected chi connectivity index (χ2v) is 8.28. The molecule has 2 heterocycles. The number of amides is 2. The molecule has 5 rings (SSSR count). The first-order chi connectivity index (χ1) is 16.7. The summed E-state index contributed by atoms with van der Waals surface area (Å²) >= 11 is 0. The van der Waals surface area contributed by atoms with Gasteiger partial charge in [-0.1, -0.05) is 60.7 Å². The lowest BCUT2D eigenvalue weighted by molar-refractivity contribution is 0.0521. The Labute approximate surface area is 198 Å². The van der Waals surface area contributed by atoms with E-state index in [9.17, 15) is 9.59 Å². The average Bonchev–Trinajstić information content (AvgIpc) is 3.15. The summed E-state index contributed by atoms with van der Waals surface area (Å²) in [6.45, 7) is 0.219. The first kappa shape index (κ1) is 21.6. The second-order valence-electron chi connectivity index (χ2n) is 8.28. The van der Waals surface area contributed by atoms with Crippen LogP contribution in [0.2, 0.25) is 0 Å². The lowest BCUT2D eigenvalue weighted by Crippen LogP contribution is -2.43. The summed E-state index contributed by atoms with van der Waals surface area (Å²) < 4.78 is 6.09. The number of aromatic nitrogens is 1. The quantitative estimate of drug-likeness (QED) is 0.338. The van der Waals surface area contributed by atoms with E-state index in [0.29, 0.717) is 29.7 Å². The molecule has 1 aliphatic rings. The minimum absolute atomic E-state index is 0.219. The molecule has 0 aliphatic carbocycles. The molecule has 168 valence electrons. The fraction of sp³-hybridized carbons (Fsp3) is 0.138. The van der Waals surface area contributed by atoms with Crippen molar-refractivity contribution >= 4 is 11.8 Å². The van der Waals surface area contributed by atoms with Crippen molar-refractivity contribution in [3.8, 4) is 16.9 Å². The van der Waals surface area contributed by atoms with Gasteiger partial charge in [-0.05, 0) is 59.9 Å². The molecule has 0 N–H and O–H groups in total. The number of fused-ring (bicyclic) bond motifs is 1. The van der Waals surface area contributed by atoms with Gasteiger partial charge in [0.15, 0.2) is 0 Å². The number of pyridine rings is 1. The fourth-order valence-electron chi connectivity index (χ4n) is 4.27. The van der Waals surface area contributed by atoms with Gasteiger partial charge in [-0.15, -0.1) is 0 Å². The Morgan fingerprint density at radius 2 is 1.38 bits per heavy atom. The Morgan fingerprint density at radius 1 is 0.735 bits per heavy atom. The summed E-state index contributed by atoms with van der Waals surface area (Å²) in [5, 5.41) is 0. The highest BCUT2D eigenvalue weighted by Crippen LogP contribution is 2.27. The summed E-state index contributed by atoms with van der Waals surface area (Å²) in [7, 11) is 0. The third kappa shape index (κ3) is 4.46. The summed E-state index contributed by atoms with van der Waals surface area (Å²) in [6, 6.07) is 28.4. The topological polar surface area (TPSA) is 59.5 Å². The maximum Gasteiger partial charge on any atom is 0.261 e. The van der Waals surface area contributed by atoms with E-state index < -0.39 is 6.04 Å². The van der Waals surface area contributed by atoms with Crippen LogP contribution in [0.1, 0.15) is 32.7 Å². The molecule has 0 radical (unpaired) electrons. The molecule has 4 aromatic rings. The van der Waals surface area contributed by atoms with E-state index in [1.807, 2.05) is 60.8 Å². The summed E-state index contributed by atoms with van der Waals surface area (Å²) in [5.74, 6) is 0.169. The summed E-state index contributed by atoms with van der Waals surface area (Å²) in [5.41, 5.74) is 4.18. The Balaban J connectivity index is 1.34. The second kappa shape index (κ2) is 9.71. The van der Waals surface area contributed by atoms with Crippen molar-refractivity contribution in [2.75, 3.05) is 6.61 Å². The standard InChI is InChI=1S/C29H24N2O3/c32-28-26-10-4-5-11-27(26)29(33)31(28)24(15-12-21-7-6-18-30-19-21)20-34-25-16-13-23(14-17-25)22-8-2-1-3-9-22/h1-11,13-14,16-19,24H,12,15,20H2. The van der Waals surface area contributed by atoms with Crippen LogP contribution in [0.3, 0.4) is 0 Å². The number of carbonyl (C=O) groups is 2. The molecule has 0 fully saturated rings. The predicted octanol–water partition coefficient (Wildman–Crippen LogP) is 5.43. The van der Waals surface area contributed by atoms with Crippen LogP contribution in [0.25, 0.3) is 11.1 Å². The molecule has 0 spiro atoms. The number of imide groups is 1. The van der Waals surface area contributed by atoms with Crippen LogP contribution in [-0.4, -0.2) is 34.3 Å². The van der Waals surface area contributed by atoms with Gasteiger partial charge >= 0.3 is 0 Å². The van der Waals surface area contributed by atoms with Crippen molar-refractivity contribution in [3.05, 3.63) is 120 Å². The van der Waals surface area contributed by atoms with E-state index in [4.69, 9.17) is 4.74 Å². The molecule has 1 atom stereocenters. The predicted molar refractivity (Wildman–Crippen MR) is 131 cm³/mol. The smallest absolute Gasteiger partial charge is 0.261 e. The van der Waals surface area contributed by atoms with Gasteiger partial charge in [-0.25, -0.2) is 0 Å². The number of aryl methyl sites for hydroxylation is 1. The third-order valence-electron chi connectivity index (χ3n) is 6.08. The minimum atomic E-state index is -0.401. The normalized spacial score (nSPS) is 13.6. The number of benzene rings is 3. The molecular weight excluding hydrogens is 424 g/mol. The number of ether oxygens (including phenoxy) is 1. The molecule has 1 aromatic heterocycles. The maximum atomic E-state index is 13.1. The zero-order chi connectivity index (χ0) is 23.3. The largest absolute Gasteiger partial charge is 0.491 e. The fourth-order valence-corrected chi connectivity index (χ4v) is 4.27. The Morgan fingerprint density at radius 3 is 2.03 bits per heavy atom. The van der Waals surface area contributed by atoms with E-state index in [1.165, 1.54) is 4.90 Å². The zero-order valence-corrected chi connectivity index (χ0v) is 18.6. The van der Waals surface area contributed by atoms with E-state index in [0.717, 1.165) is 16.7 Å². The molecular formula is C29H24N2O3. The highest BCUT2D eigenvalue weighted by molar-refractivity contribution is 6.21. The Kier molecular flexibility index (Phi) is 6.17. The Hall–Kier alpha value is -4.25. The van der Waals surface area contributed by atoms with E-state index in [1.54, 1.807) is 30.5 Å². The zero-order valence-electron chi connectivity index (χ0n) is 18.6. The molecule has 0 saturated carbocycles. The number of hydrogen-bond donors (Lipinski definition) is 0. The lowest BCUT2D eigenvalue weighted by atomic mass is 10.1. The molecule has 5 nitrogen and oxygen atoms in total. The van der Waals surface area contributed by atoms with E-state index in [-0.39, 0.29) is 18.4 Å². The van der Waals surface area contributed by atoms with Crippen LogP contribution < -0.4 is 4.74 Å². The van der Waals surface area contributed by atoms with Crippen molar-refractivity contribution in [2.45, 2.75) is 18.9 Å². The minimum Gasteiger partial charge on any atom is -0.491 e. The van der Waals surface area contributed by atoms with Crippen molar-refractivity contribution in [2.24, 2.45) is 0 Å². The summed E-state index contributed by atoms with van der Waals surface area (Å²) in [4.78, 5) is 31.8. The first-order valence-electron chi connectivity index (χ1n) is 11.3. The average molecular weight is 449 g/mol. The third-order valence-corrected chi connectivity index (χ3v) is 6.08. The molecule has 0 saturated heterocycles. The van der Waals surface area contributed by atoms with Crippen LogP contribution in [0.5, 0.6) is 5.75 Å².